The van der Waals surface area contributed by atoms with E-state index >= 15 is 0 Å². The molecule has 0 aromatic carbocycles. The van der Waals surface area contributed by atoms with Gasteiger partial charge < -0.3 is 10.4 Å². The maximum Gasteiger partial charge on any atom is 0.0743 e. The summed E-state index contributed by atoms with van der Waals surface area (Å²) in [6.45, 7) is 0.853. The molecule has 1 saturated carbocycles. The molecule has 2 nitrogen and oxygen atoms in total. The molecule has 1 aliphatic carbocycles. The van der Waals surface area contributed by atoms with Crippen LogP contribution in [0.1, 0.15) is 24.8 Å². The van der Waals surface area contributed by atoms with Gasteiger partial charge in [0.25, 0.3) is 0 Å². The molecule has 1 aliphatic rings. The first kappa shape index (κ1) is 10.6. The highest BCUT2D eigenvalue weighted by molar-refractivity contribution is 9.11. The Labute approximate surface area is 96.5 Å². The summed E-state index contributed by atoms with van der Waals surface area (Å²) in [7, 11) is 0. The highest BCUT2D eigenvalue weighted by Crippen LogP contribution is 2.24. The first-order chi connectivity index (χ1) is 6.77. The minimum absolute atomic E-state index is 0.146. The van der Waals surface area contributed by atoms with E-state index in [0.717, 1.165) is 25.8 Å². The molecule has 1 fully saturated rings. The Morgan fingerprint density at radius 1 is 1.57 bits per heavy atom. The summed E-state index contributed by atoms with van der Waals surface area (Å²) in [5.41, 5.74) is 1.29. The van der Waals surface area contributed by atoms with Crippen LogP contribution in [-0.2, 0) is 6.54 Å². The first-order valence-corrected chi connectivity index (χ1v) is 6.58. The quantitative estimate of drug-likeness (QED) is 0.889. The SMILES string of the molecule is O[C@@H]1CCC[C@H]1NCc1ccsc1Br. The minimum Gasteiger partial charge on any atom is -0.392 e. The molecular formula is C10H14BrNOS. The van der Waals surface area contributed by atoms with Crippen molar-refractivity contribution in [2.24, 2.45) is 0 Å². The second-order valence-electron chi connectivity index (χ2n) is 3.71. The lowest BCUT2D eigenvalue weighted by Crippen LogP contribution is -2.34. The van der Waals surface area contributed by atoms with E-state index < -0.39 is 0 Å². The zero-order valence-corrected chi connectivity index (χ0v) is 10.3. The number of aliphatic hydroxyl groups is 1. The summed E-state index contributed by atoms with van der Waals surface area (Å²) in [5.74, 6) is 0. The second-order valence-corrected chi connectivity index (χ2v) is 5.94. The highest BCUT2D eigenvalue weighted by Gasteiger charge is 2.24. The fourth-order valence-corrected chi connectivity index (χ4v) is 3.10. The average Bonchev–Trinajstić information content (AvgIpc) is 2.72. The Hall–Kier alpha value is 0.100. The van der Waals surface area contributed by atoms with Crippen LogP contribution in [0.5, 0.6) is 0 Å². The maximum absolute atomic E-state index is 9.62. The fourth-order valence-electron chi connectivity index (χ4n) is 1.87. The van der Waals surface area contributed by atoms with E-state index in [-0.39, 0.29) is 6.10 Å². The molecule has 0 radical (unpaired) electrons. The first-order valence-electron chi connectivity index (χ1n) is 4.90. The van der Waals surface area contributed by atoms with Crippen molar-refractivity contribution < 1.29 is 5.11 Å². The molecular weight excluding hydrogens is 262 g/mol. The van der Waals surface area contributed by atoms with E-state index in [1.165, 1.54) is 9.35 Å². The van der Waals surface area contributed by atoms with E-state index in [0.29, 0.717) is 6.04 Å². The van der Waals surface area contributed by atoms with Crippen molar-refractivity contribution in [3.8, 4) is 0 Å². The maximum atomic E-state index is 9.62. The van der Waals surface area contributed by atoms with Gasteiger partial charge in [0, 0.05) is 12.6 Å². The van der Waals surface area contributed by atoms with Crippen molar-refractivity contribution in [2.75, 3.05) is 0 Å². The van der Waals surface area contributed by atoms with Gasteiger partial charge in [-0.15, -0.1) is 11.3 Å². The van der Waals surface area contributed by atoms with Crippen LogP contribution in [0.4, 0.5) is 0 Å². The molecule has 0 unspecified atom stereocenters. The minimum atomic E-state index is -0.146. The van der Waals surface area contributed by atoms with Crippen molar-refractivity contribution in [2.45, 2.75) is 38.0 Å². The smallest absolute Gasteiger partial charge is 0.0743 e. The van der Waals surface area contributed by atoms with Crippen molar-refractivity contribution in [1.29, 1.82) is 0 Å². The Morgan fingerprint density at radius 3 is 3.00 bits per heavy atom. The van der Waals surface area contributed by atoms with Gasteiger partial charge in [-0.3, -0.25) is 0 Å². The molecule has 2 atom stereocenters. The summed E-state index contributed by atoms with van der Waals surface area (Å²) < 4.78 is 1.19. The number of thiophene rings is 1. The second kappa shape index (κ2) is 4.75. The molecule has 0 amide bonds. The van der Waals surface area contributed by atoms with Crippen LogP contribution in [0.15, 0.2) is 15.2 Å². The third-order valence-corrected chi connectivity index (χ3v) is 4.54. The summed E-state index contributed by atoms with van der Waals surface area (Å²) in [6.07, 6.45) is 3.04. The molecule has 0 aliphatic heterocycles. The van der Waals surface area contributed by atoms with Gasteiger partial charge >= 0.3 is 0 Å². The summed E-state index contributed by atoms with van der Waals surface area (Å²) in [5, 5.41) is 15.1. The molecule has 78 valence electrons. The molecule has 4 heteroatoms. The van der Waals surface area contributed by atoms with Crippen LogP contribution >= 0.6 is 27.3 Å². The topological polar surface area (TPSA) is 32.3 Å². The van der Waals surface area contributed by atoms with E-state index in [4.69, 9.17) is 0 Å². The van der Waals surface area contributed by atoms with E-state index in [1.54, 1.807) is 11.3 Å². The van der Waals surface area contributed by atoms with Gasteiger partial charge in [-0.05, 0) is 52.2 Å². The third-order valence-electron chi connectivity index (χ3n) is 2.73. The lowest BCUT2D eigenvalue weighted by atomic mass is 10.2. The van der Waals surface area contributed by atoms with Crippen LogP contribution in [0.3, 0.4) is 0 Å². The van der Waals surface area contributed by atoms with Gasteiger partial charge in [-0.2, -0.15) is 0 Å². The fraction of sp³-hybridized carbons (Fsp3) is 0.600. The van der Waals surface area contributed by atoms with Gasteiger partial charge in [-0.1, -0.05) is 0 Å². The number of aliphatic hydroxyl groups excluding tert-OH is 1. The molecule has 0 bridgehead atoms. The van der Waals surface area contributed by atoms with Gasteiger partial charge in [0.15, 0.2) is 0 Å². The standard InChI is InChI=1S/C10H14BrNOS/c11-10-7(4-5-14-10)6-12-8-2-1-3-9(8)13/h4-5,8-9,12-13H,1-3,6H2/t8-,9-/m1/s1. The molecule has 0 saturated heterocycles. The number of hydrogen-bond acceptors (Lipinski definition) is 3. The van der Waals surface area contributed by atoms with Crippen LogP contribution in [0.2, 0.25) is 0 Å². The number of halogens is 1. The predicted octanol–water partition coefficient (Wildman–Crippen LogP) is 2.51. The highest BCUT2D eigenvalue weighted by atomic mass is 79.9. The van der Waals surface area contributed by atoms with Crippen LogP contribution in [0, 0.1) is 0 Å². The Kier molecular flexibility index (Phi) is 3.60. The molecule has 2 N–H and O–H groups in total. The molecule has 1 aromatic rings. The van der Waals surface area contributed by atoms with Gasteiger partial charge in [0.1, 0.15) is 0 Å². The van der Waals surface area contributed by atoms with E-state index in [1.807, 2.05) is 0 Å². The Morgan fingerprint density at radius 2 is 2.43 bits per heavy atom. The molecule has 1 aromatic heterocycles. The van der Waals surface area contributed by atoms with Crippen molar-refractivity contribution in [3.63, 3.8) is 0 Å². The Bertz CT molecular complexity index is 302. The predicted molar refractivity (Wildman–Crippen MR) is 62.5 cm³/mol. The zero-order chi connectivity index (χ0) is 9.97. The summed E-state index contributed by atoms with van der Waals surface area (Å²) >= 11 is 5.21. The lowest BCUT2D eigenvalue weighted by molar-refractivity contribution is 0.148. The van der Waals surface area contributed by atoms with Crippen molar-refractivity contribution >= 4 is 27.3 Å². The number of hydrogen-bond donors (Lipinski definition) is 2. The molecule has 2 rings (SSSR count). The number of rotatable bonds is 3. The van der Waals surface area contributed by atoms with Crippen LogP contribution < -0.4 is 5.32 Å². The van der Waals surface area contributed by atoms with Gasteiger partial charge in [0.05, 0.1) is 9.89 Å². The summed E-state index contributed by atoms with van der Waals surface area (Å²) in [6, 6.07) is 2.41. The van der Waals surface area contributed by atoms with Crippen LogP contribution in [0.25, 0.3) is 0 Å². The normalized spacial score (nSPS) is 27.0. The average molecular weight is 276 g/mol. The number of nitrogens with one attached hydrogen (secondary N) is 1. The van der Waals surface area contributed by atoms with E-state index in [2.05, 4.69) is 32.7 Å². The molecule has 1 heterocycles. The lowest BCUT2D eigenvalue weighted by Gasteiger charge is -2.15. The van der Waals surface area contributed by atoms with Crippen molar-refractivity contribution in [1.82, 2.24) is 5.32 Å². The van der Waals surface area contributed by atoms with Gasteiger partial charge in [0.2, 0.25) is 0 Å². The van der Waals surface area contributed by atoms with Crippen molar-refractivity contribution in [3.05, 3.63) is 20.8 Å². The van der Waals surface area contributed by atoms with Crippen LogP contribution in [-0.4, -0.2) is 17.3 Å². The monoisotopic (exact) mass is 275 g/mol. The third kappa shape index (κ3) is 2.37. The Balaban J connectivity index is 1.85. The molecule has 0 spiro atoms. The largest absolute Gasteiger partial charge is 0.392 e. The van der Waals surface area contributed by atoms with Gasteiger partial charge in [-0.25, -0.2) is 0 Å². The zero-order valence-electron chi connectivity index (χ0n) is 7.87. The van der Waals surface area contributed by atoms with E-state index in [9.17, 15) is 5.11 Å². The molecule has 14 heavy (non-hydrogen) atoms. The summed E-state index contributed by atoms with van der Waals surface area (Å²) in [4.78, 5) is 0.